The molecule has 136 valence electrons. The summed E-state index contributed by atoms with van der Waals surface area (Å²) in [4.78, 5) is 24.0. The first-order chi connectivity index (χ1) is 12.3. The quantitative estimate of drug-likeness (QED) is 0.753. The van der Waals surface area contributed by atoms with Crippen molar-refractivity contribution in [1.82, 2.24) is 5.32 Å². The van der Waals surface area contributed by atoms with Crippen LogP contribution >= 0.6 is 0 Å². The fourth-order valence-corrected chi connectivity index (χ4v) is 3.38. The summed E-state index contributed by atoms with van der Waals surface area (Å²) < 4.78 is 30.5. The summed E-state index contributed by atoms with van der Waals surface area (Å²) in [5.41, 5.74) is 2.22. The molecule has 0 unspecified atom stereocenters. The molecule has 8 heteroatoms. The van der Waals surface area contributed by atoms with Gasteiger partial charge >= 0.3 is 5.97 Å². The van der Waals surface area contributed by atoms with Crippen LogP contribution in [0.3, 0.4) is 0 Å². The van der Waals surface area contributed by atoms with Crippen molar-refractivity contribution in [2.24, 2.45) is 0 Å². The van der Waals surface area contributed by atoms with Crippen LogP contribution in [0.5, 0.6) is 0 Å². The molecular weight excluding hydrogens is 356 g/mol. The SMILES string of the molecule is CS(=O)(=O)Nc1ccccc1CNC(=O)C[C@H]1OC(=O)c2ccccc21. The number of anilines is 1. The van der Waals surface area contributed by atoms with Gasteiger partial charge in [0, 0.05) is 12.1 Å². The van der Waals surface area contributed by atoms with Gasteiger partial charge < -0.3 is 10.1 Å². The molecule has 0 spiro atoms. The fourth-order valence-electron chi connectivity index (χ4n) is 2.78. The van der Waals surface area contributed by atoms with Crippen LogP contribution in [0.15, 0.2) is 48.5 Å². The Morgan fingerprint density at radius 3 is 2.58 bits per heavy atom. The highest BCUT2D eigenvalue weighted by Crippen LogP contribution is 2.32. The number of esters is 1. The van der Waals surface area contributed by atoms with Crippen molar-refractivity contribution in [3.63, 3.8) is 0 Å². The van der Waals surface area contributed by atoms with Gasteiger partial charge in [-0.25, -0.2) is 13.2 Å². The molecule has 1 heterocycles. The largest absolute Gasteiger partial charge is 0.453 e. The minimum absolute atomic E-state index is 0.00439. The number of carbonyl (C=O) groups is 2. The standard InChI is InChI=1S/C18H18N2O5S/c1-26(23,24)20-15-9-5-2-6-12(15)11-19-17(21)10-16-13-7-3-4-8-14(13)18(22)25-16/h2-9,16,20H,10-11H2,1H3,(H,19,21)/t16-/m1/s1. The van der Waals surface area contributed by atoms with Gasteiger partial charge in [0.2, 0.25) is 15.9 Å². The number of ether oxygens (including phenoxy) is 1. The van der Waals surface area contributed by atoms with Gasteiger partial charge in [0.25, 0.3) is 0 Å². The molecule has 0 radical (unpaired) electrons. The van der Waals surface area contributed by atoms with E-state index in [0.29, 0.717) is 22.4 Å². The van der Waals surface area contributed by atoms with E-state index in [1.54, 1.807) is 48.5 Å². The molecule has 0 aromatic heterocycles. The number of cyclic esters (lactones) is 1. The lowest BCUT2D eigenvalue weighted by atomic mass is 10.0. The third-order valence-electron chi connectivity index (χ3n) is 3.94. The lowest BCUT2D eigenvalue weighted by molar-refractivity contribution is -0.123. The molecule has 0 saturated carbocycles. The summed E-state index contributed by atoms with van der Waals surface area (Å²) in [5, 5.41) is 2.73. The van der Waals surface area contributed by atoms with Gasteiger partial charge in [0.1, 0.15) is 6.10 Å². The highest BCUT2D eigenvalue weighted by molar-refractivity contribution is 7.92. The molecule has 26 heavy (non-hydrogen) atoms. The first kappa shape index (κ1) is 17.9. The van der Waals surface area contributed by atoms with Crippen molar-refractivity contribution in [3.05, 3.63) is 65.2 Å². The van der Waals surface area contributed by atoms with E-state index in [0.717, 1.165) is 6.26 Å². The topological polar surface area (TPSA) is 102 Å². The molecule has 1 amide bonds. The number of rotatable bonds is 6. The Balaban J connectivity index is 1.63. The average molecular weight is 374 g/mol. The van der Waals surface area contributed by atoms with E-state index in [-0.39, 0.29) is 18.9 Å². The van der Waals surface area contributed by atoms with Crippen molar-refractivity contribution < 1.29 is 22.7 Å². The number of benzene rings is 2. The molecule has 1 aliphatic heterocycles. The zero-order valence-corrected chi connectivity index (χ0v) is 14.9. The summed E-state index contributed by atoms with van der Waals surface area (Å²) in [6.45, 7) is 0.153. The molecule has 2 N–H and O–H groups in total. The van der Waals surface area contributed by atoms with Gasteiger partial charge in [-0.15, -0.1) is 0 Å². The van der Waals surface area contributed by atoms with E-state index in [1.165, 1.54) is 0 Å². The maximum atomic E-state index is 12.2. The summed E-state index contributed by atoms with van der Waals surface area (Å²) in [5.74, 6) is -0.727. The summed E-state index contributed by atoms with van der Waals surface area (Å²) in [6.07, 6.45) is 0.460. The molecule has 0 saturated heterocycles. The molecule has 0 aliphatic carbocycles. The normalized spacial score (nSPS) is 15.9. The van der Waals surface area contributed by atoms with Gasteiger partial charge in [-0.2, -0.15) is 0 Å². The van der Waals surface area contributed by atoms with Crippen LogP contribution in [-0.2, 0) is 26.1 Å². The number of hydrogen-bond acceptors (Lipinski definition) is 5. The van der Waals surface area contributed by atoms with Gasteiger partial charge in [-0.05, 0) is 17.7 Å². The van der Waals surface area contributed by atoms with Gasteiger partial charge in [0.15, 0.2) is 0 Å². The third kappa shape index (κ3) is 4.20. The van der Waals surface area contributed by atoms with Crippen LogP contribution in [0.4, 0.5) is 5.69 Å². The van der Waals surface area contributed by atoms with Crippen LogP contribution in [0.2, 0.25) is 0 Å². The van der Waals surface area contributed by atoms with Gasteiger partial charge in [-0.3, -0.25) is 9.52 Å². The van der Waals surface area contributed by atoms with Crippen LogP contribution in [0.25, 0.3) is 0 Å². The molecule has 0 bridgehead atoms. The van der Waals surface area contributed by atoms with Crippen molar-refractivity contribution in [1.29, 1.82) is 0 Å². The highest BCUT2D eigenvalue weighted by Gasteiger charge is 2.31. The van der Waals surface area contributed by atoms with E-state index in [4.69, 9.17) is 4.74 Å². The second-order valence-electron chi connectivity index (χ2n) is 5.99. The Labute approximate surface area is 151 Å². The lowest BCUT2D eigenvalue weighted by Crippen LogP contribution is -2.25. The molecule has 2 aromatic rings. The van der Waals surface area contributed by atoms with Gasteiger partial charge in [0.05, 0.1) is 23.9 Å². The molecule has 2 aromatic carbocycles. The predicted octanol–water partition coefficient (Wildman–Crippen LogP) is 1.98. The number of hydrogen-bond donors (Lipinski definition) is 2. The molecule has 3 rings (SSSR count). The van der Waals surface area contributed by atoms with Crippen molar-refractivity contribution in [2.45, 2.75) is 19.1 Å². The Morgan fingerprint density at radius 1 is 1.12 bits per heavy atom. The minimum Gasteiger partial charge on any atom is -0.453 e. The van der Waals surface area contributed by atoms with Crippen LogP contribution in [-0.4, -0.2) is 26.6 Å². The molecular formula is C18H18N2O5S. The smallest absolute Gasteiger partial charge is 0.339 e. The predicted molar refractivity (Wildman–Crippen MR) is 96.0 cm³/mol. The Bertz CT molecular complexity index is 956. The number of fused-ring (bicyclic) bond motifs is 1. The Hall–Kier alpha value is -2.87. The van der Waals surface area contributed by atoms with Gasteiger partial charge in [-0.1, -0.05) is 36.4 Å². The summed E-state index contributed by atoms with van der Waals surface area (Å²) in [6, 6.07) is 13.8. The summed E-state index contributed by atoms with van der Waals surface area (Å²) >= 11 is 0. The number of carbonyl (C=O) groups excluding carboxylic acids is 2. The minimum atomic E-state index is -3.42. The first-order valence-corrected chi connectivity index (χ1v) is 9.85. The maximum absolute atomic E-state index is 12.2. The third-order valence-corrected chi connectivity index (χ3v) is 4.53. The van der Waals surface area contributed by atoms with E-state index in [9.17, 15) is 18.0 Å². The molecule has 1 aliphatic rings. The number of para-hydroxylation sites is 1. The van der Waals surface area contributed by atoms with E-state index in [2.05, 4.69) is 10.0 Å². The second kappa shape index (κ2) is 7.17. The van der Waals surface area contributed by atoms with Crippen LogP contribution < -0.4 is 10.0 Å². The van der Waals surface area contributed by atoms with Crippen molar-refractivity contribution in [2.75, 3.05) is 11.0 Å². The monoisotopic (exact) mass is 374 g/mol. The Morgan fingerprint density at radius 2 is 1.81 bits per heavy atom. The number of amides is 1. The Kier molecular flexibility index (Phi) is 4.94. The fraction of sp³-hybridized carbons (Fsp3) is 0.222. The maximum Gasteiger partial charge on any atom is 0.339 e. The zero-order chi connectivity index (χ0) is 18.7. The zero-order valence-electron chi connectivity index (χ0n) is 14.1. The van der Waals surface area contributed by atoms with E-state index < -0.39 is 22.1 Å². The van der Waals surface area contributed by atoms with Crippen molar-refractivity contribution >= 4 is 27.6 Å². The average Bonchev–Trinajstić information content (AvgIpc) is 2.89. The highest BCUT2D eigenvalue weighted by atomic mass is 32.2. The van der Waals surface area contributed by atoms with Crippen LogP contribution in [0.1, 0.15) is 34.0 Å². The first-order valence-electron chi connectivity index (χ1n) is 7.96. The van der Waals surface area contributed by atoms with Crippen LogP contribution in [0, 0.1) is 0 Å². The van der Waals surface area contributed by atoms with Crippen molar-refractivity contribution in [3.8, 4) is 0 Å². The summed E-state index contributed by atoms with van der Waals surface area (Å²) in [7, 11) is -3.42. The second-order valence-corrected chi connectivity index (χ2v) is 7.74. The lowest BCUT2D eigenvalue weighted by Gasteiger charge is -2.13. The molecule has 7 nitrogen and oxygen atoms in total. The molecule has 0 fully saturated rings. The van der Waals surface area contributed by atoms with E-state index in [1.807, 2.05) is 0 Å². The number of sulfonamides is 1. The van der Waals surface area contributed by atoms with E-state index >= 15 is 0 Å². The molecule has 1 atom stereocenters. The number of nitrogens with one attached hydrogen (secondary N) is 2.